The lowest BCUT2D eigenvalue weighted by Crippen LogP contribution is -2.50. The van der Waals surface area contributed by atoms with Crippen molar-refractivity contribution in [2.75, 3.05) is 33.4 Å². The second kappa shape index (κ2) is 7.14. The summed E-state index contributed by atoms with van der Waals surface area (Å²) in [7, 11) is 1.37. The van der Waals surface area contributed by atoms with Crippen LogP contribution in [0.4, 0.5) is 5.69 Å². The van der Waals surface area contributed by atoms with Crippen LogP contribution in [-0.2, 0) is 20.7 Å². The first kappa shape index (κ1) is 15.4. The number of hydrogen-bond donors (Lipinski definition) is 0. The Kier molecular flexibility index (Phi) is 5.24. The van der Waals surface area contributed by atoms with Crippen molar-refractivity contribution in [2.24, 2.45) is 0 Å². The molecule has 1 aromatic rings. The second-order valence-electron chi connectivity index (χ2n) is 4.82. The van der Waals surface area contributed by atoms with Gasteiger partial charge in [-0.1, -0.05) is 12.1 Å². The Hall–Kier alpha value is -1.99. The van der Waals surface area contributed by atoms with Crippen LogP contribution in [0, 0.1) is 10.1 Å². The van der Waals surface area contributed by atoms with Crippen molar-refractivity contribution in [3.63, 3.8) is 0 Å². The lowest BCUT2D eigenvalue weighted by atomic mass is 10.1. The Morgan fingerprint density at radius 2 is 2.19 bits per heavy atom. The Morgan fingerprint density at radius 1 is 1.48 bits per heavy atom. The molecule has 0 saturated carbocycles. The largest absolute Gasteiger partial charge is 0.468 e. The second-order valence-corrected chi connectivity index (χ2v) is 4.82. The van der Waals surface area contributed by atoms with Gasteiger partial charge in [-0.15, -0.1) is 0 Å². The molecule has 7 nitrogen and oxygen atoms in total. The molecule has 0 aliphatic carbocycles. The zero-order chi connectivity index (χ0) is 15.2. The highest BCUT2D eigenvalue weighted by Gasteiger charge is 2.29. The number of morpholine rings is 1. The van der Waals surface area contributed by atoms with Crippen LogP contribution >= 0.6 is 0 Å². The van der Waals surface area contributed by atoms with Crippen LogP contribution in [0.1, 0.15) is 5.56 Å². The quantitative estimate of drug-likeness (QED) is 0.458. The molecule has 7 heteroatoms. The molecule has 1 atom stereocenters. The van der Waals surface area contributed by atoms with Crippen LogP contribution in [-0.4, -0.2) is 55.2 Å². The fourth-order valence-electron chi connectivity index (χ4n) is 2.32. The lowest BCUT2D eigenvalue weighted by Gasteiger charge is -2.33. The van der Waals surface area contributed by atoms with Crippen LogP contribution in [0.5, 0.6) is 0 Å². The molecule has 114 valence electrons. The van der Waals surface area contributed by atoms with E-state index in [4.69, 9.17) is 9.47 Å². The summed E-state index contributed by atoms with van der Waals surface area (Å²) in [5.74, 6) is -0.293. The van der Waals surface area contributed by atoms with Crippen LogP contribution in [0.2, 0.25) is 0 Å². The SMILES string of the molecule is COC(=O)C1COCCN1CCc1ccc([N+](=O)[O-])cc1. The monoisotopic (exact) mass is 294 g/mol. The van der Waals surface area contributed by atoms with Gasteiger partial charge in [0.25, 0.3) is 5.69 Å². The molecule has 2 rings (SSSR count). The molecule has 0 radical (unpaired) electrons. The van der Waals surface area contributed by atoms with Gasteiger partial charge in [0.2, 0.25) is 0 Å². The minimum atomic E-state index is -0.418. The van der Waals surface area contributed by atoms with E-state index in [1.165, 1.54) is 19.2 Å². The van der Waals surface area contributed by atoms with E-state index in [1.807, 2.05) is 4.90 Å². The summed E-state index contributed by atoms with van der Waals surface area (Å²) in [6.07, 6.45) is 0.714. The predicted octanol–water partition coefficient (Wildman–Crippen LogP) is 1.01. The molecule has 1 aliphatic rings. The molecular formula is C14H18N2O5. The molecule has 1 unspecified atom stereocenters. The average Bonchev–Trinajstić information content (AvgIpc) is 2.52. The minimum absolute atomic E-state index is 0.0811. The number of ether oxygens (including phenoxy) is 2. The van der Waals surface area contributed by atoms with Crippen LogP contribution < -0.4 is 0 Å². The number of non-ortho nitro benzene ring substituents is 1. The Balaban J connectivity index is 1.94. The summed E-state index contributed by atoms with van der Waals surface area (Å²) in [4.78, 5) is 23.9. The van der Waals surface area contributed by atoms with Gasteiger partial charge in [-0.25, -0.2) is 0 Å². The maximum atomic E-state index is 11.7. The zero-order valence-corrected chi connectivity index (χ0v) is 11.9. The van der Waals surface area contributed by atoms with Gasteiger partial charge in [0, 0.05) is 25.2 Å². The fourth-order valence-corrected chi connectivity index (χ4v) is 2.32. The topological polar surface area (TPSA) is 81.9 Å². The summed E-state index contributed by atoms with van der Waals surface area (Å²) >= 11 is 0. The maximum Gasteiger partial charge on any atom is 0.325 e. The van der Waals surface area contributed by atoms with Gasteiger partial charge >= 0.3 is 5.97 Å². The number of nitro groups is 1. The first-order valence-corrected chi connectivity index (χ1v) is 6.75. The summed E-state index contributed by atoms with van der Waals surface area (Å²) in [6, 6.07) is 6.10. The van der Waals surface area contributed by atoms with Crippen molar-refractivity contribution >= 4 is 11.7 Å². The van der Waals surface area contributed by atoms with Gasteiger partial charge < -0.3 is 9.47 Å². The molecule has 0 spiro atoms. The van der Waals surface area contributed by atoms with Crippen LogP contribution in [0.15, 0.2) is 24.3 Å². The smallest absolute Gasteiger partial charge is 0.325 e. The molecule has 1 aromatic carbocycles. The molecule has 0 bridgehead atoms. The lowest BCUT2D eigenvalue weighted by molar-refractivity contribution is -0.384. The van der Waals surface area contributed by atoms with E-state index in [1.54, 1.807) is 12.1 Å². The van der Waals surface area contributed by atoms with Crippen molar-refractivity contribution in [3.8, 4) is 0 Å². The predicted molar refractivity (Wildman–Crippen MR) is 75.0 cm³/mol. The Bertz CT molecular complexity index is 503. The fraction of sp³-hybridized carbons (Fsp3) is 0.500. The molecule has 1 fully saturated rings. The third-order valence-electron chi connectivity index (χ3n) is 3.55. The van der Waals surface area contributed by atoms with E-state index in [0.29, 0.717) is 32.7 Å². The summed E-state index contributed by atoms with van der Waals surface area (Å²) in [5.41, 5.74) is 1.08. The molecule has 0 N–H and O–H groups in total. The summed E-state index contributed by atoms with van der Waals surface area (Å²) < 4.78 is 10.1. The third kappa shape index (κ3) is 3.99. The number of esters is 1. The maximum absolute atomic E-state index is 11.7. The number of nitrogens with zero attached hydrogens (tertiary/aromatic N) is 2. The Morgan fingerprint density at radius 3 is 2.81 bits per heavy atom. The van der Waals surface area contributed by atoms with Crippen molar-refractivity contribution in [3.05, 3.63) is 39.9 Å². The highest BCUT2D eigenvalue weighted by Crippen LogP contribution is 2.14. The number of carbonyl (C=O) groups is 1. The highest BCUT2D eigenvalue weighted by molar-refractivity contribution is 5.75. The van der Waals surface area contributed by atoms with E-state index in [9.17, 15) is 14.9 Å². The first-order valence-electron chi connectivity index (χ1n) is 6.75. The van der Waals surface area contributed by atoms with Crippen molar-refractivity contribution in [1.29, 1.82) is 0 Å². The molecule has 1 aliphatic heterocycles. The molecule has 0 aromatic heterocycles. The van der Waals surface area contributed by atoms with E-state index < -0.39 is 4.92 Å². The number of benzene rings is 1. The minimum Gasteiger partial charge on any atom is -0.468 e. The Labute approximate surface area is 122 Å². The van der Waals surface area contributed by atoms with Gasteiger partial charge in [0.1, 0.15) is 6.04 Å². The number of nitro benzene ring substituents is 1. The third-order valence-corrected chi connectivity index (χ3v) is 3.55. The number of rotatable bonds is 5. The van der Waals surface area contributed by atoms with E-state index >= 15 is 0 Å². The highest BCUT2D eigenvalue weighted by atomic mass is 16.6. The summed E-state index contributed by atoms with van der Waals surface area (Å²) in [5, 5.41) is 10.6. The normalized spacial score (nSPS) is 19.2. The standard InChI is InChI=1S/C14H18N2O5/c1-20-14(17)13-10-21-9-8-15(13)7-6-11-2-4-12(5-3-11)16(18)19/h2-5,13H,6-10H2,1H3. The zero-order valence-electron chi connectivity index (χ0n) is 11.9. The van der Waals surface area contributed by atoms with Crippen molar-refractivity contribution in [2.45, 2.75) is 12.5 Å². The van der Waals surface area contributed by atoms with Crippen molar-refractivity contribution < 1.29 is 19.2 Å². The van der Waals surface area contributed by atoms with E-state index in [2.05, 4.69) is 0 Å². The van der Waals surface area contributed by atoms with E-state index in [0.717, 1.165) is 5.56 Å². The molecule has 0 amide bonds. The van der Waals surface area contributed by atoms with Crippen LogP contribution in [0.3, 0.4) is 0 Å². The number of hydrogen-bond acceptors (Lipinski definition) is 6. The molecule has 1 saturated heterocycles. The first-order chi connectivity index (χ1) is 10.1. The van der Waals surface area contributed by atoms with Gasteiger partial charge in [0.15, 0.2) is 0 Å². The van der Waals surface area contributed by atoms with Crippen molar-refractivity contribution in [1.82, 2.24) is 4.90 Å². The molecule has 1 heterocycles. The number of methoxy groups -OCH3 is 1. The van der Waals surface area contributed by atoms with Gasteiger partial charge in [-0.2, -0.15) is 0 Å². The van der Waals surface area contributed by atoms with Crippen LogP contribution in [0.25, 0.3) is 0 Å². The average molecular weight is 294 g/mol. The van der Waals surface area contributed by atoms with Gasteiger partial charge in [0.05, 0.1) is 25.2 Å². The number of carbonyl (C=O) groups excluding carboxylic acids is 1. The van der Waals surface area contributed by atoms with Gasteiger partial charge in [-0.3, -0.25) is 19.8 Å². The molecule has 21 heavy (non-hydrogen) atoms. The summed E-state index contributed by atoms with van der Waals surface area (Å²) in [6.45, 7) is 2.29. The molecular weight excluding hydrogens is 276 g/mol. The van der Waals surface area contributed by atoms with Gasteiger partial charge in [-0.05, 0) is 12.0 Å². The van der Waals surface area contributed by atoms with E-state index in [-0.39, 0.29) is 17.7 Å².